The van der Waals surface area contributed by atoms with Crippen molar-refractivity contribution >= 4 is 0 Å². The monoisotopic (exact) mass is 207 g/mol. The summed E-state index contributed by atoms with van der Waals surface area (Å²) in [6.45, 7) is 3.06. The van der Waals surface area contributed by atoms with Crippen molar-refractivity contribution in [2.75, 3.05) is 13.2 Å². The van der Waals surface area contributed by atoms with E-state index in [0.717, 1.165) is 18.7 Å². The Morgan fingerprint density at radius 3 is 3.07 bits per heavy atom. The SMILES string of the molecule is Cc1cccc(OC2CNC(CO)C2)c1. The number of benzene rings is 1. The highest BCUT2D eigenvalue weighted by Crippen LogP contribution is 2.18. The Bertz CT molecular complexity index is 327. The fraction of sp³-hybridized carbons (Fsp3) is 0.500. The molecule has 1 aromatic rings. The van der Waals surface area contributed by atoms with Crippen LogP contribution in [0.3, 0.4) is 0 Å². The maximum atomic E-state index is 8.98. The highest BCUT2D eigenvalue weighted by atomic mass is 16.5. The van der Waals surface area contributed by atoms with Crippen LogP contribution in [-0.4, -0.2) is 30.4 Å². The van der Waals surface area contributed by atoms with E-state index in [2.05, 4.69) is 18.3 Å². The maximum absolute atomic E-state index is 8.98. The Morgan fingerprint density at radius 2 is 2.40 bits per heavy atom. The number of ether oxygens (including phenoxy) is 1. The third-order valence-corrected chi connectivity index (χ3v) is 2.69. The van der Waals surface area contributed by atoms with E-state index in [1.165, 1.54) is 5.56 Å². The molecule has 15 heavy (non-hydrogen) atoms. The number of hydrogen-bond donors (Lipinski definition) is 2. The molecule has 0 bridgehead atoms. The molecule has 0 radical (unpaired) electrons. The lowest BCUT2D eigenvalue weighted by Gasteiger charge is -2.13. The van der Waals surface area contributed by atoms with Crippen LogP contribution in [0.5, 0.6) is 5.75 Å². The lowest BCUT2D eigenvalue weighted by atomic mass is 10.2. The summed E-state index contributed by atoms with van der Waals surface area (Å²) in [6.07, 6.45) is 1.06. The van der Waals surface area contributed by atoms with Crippen molar-refractivity contribution in [2.45, 2.75) is 25.5 Å². The molecule has 2 unspecified atom stereocenters. The van der Waals surface area contributed by atoms with E-state index in [9.17, 15) is 0 Å². The lowest BCUT2D eigenvalue weighted by Crippen LogP contribution is -2.25. The Hall–Kier alpha value is -1.06. The zero-order valence-corrected chi connectivity index (χ0v) is 8.94. The predicted octanol–water partition coefficient (Wildman–Crippen LogP) is 1.10. The Morgan fingerprint density at radius 1 is 1.53 bits per heavy atom. The second-order valence-electron chi connectivity index (χ2n) is 4.08. The molecule has 1 heterocycles. The molecule has 0 saturated carbocycles. The van der Waals surface area contributed by atoms with Gasteiger partial charge in [-0.1, -0.05) is 12.1 Å². The molecule has 0 aromatic heterocycles. The largest absolute Gasteiger partial charge is 0.489 e. The van der Waals surface area contributed by atoms with Crippen LogP contribution in [0, 0.1) is 6.92 Å². The van der Waals surface area contributed by atoms with E-state index in [1.807, 2.05) is 18.2 Å². The fourth-order valence-corrected chi connectivity index (χ4v) is 1.89. The van der Waals surface area contributed by atoms with E-state index in [1.54, 1.807) is 0 Å². The molecule has 2 N–H and O–H groups in total. The standard InChI is InChI=1S/C12H17NO2/c1-9-3-2-4-11(5-9)15-12-6-10(8-14)13-7-12/h2-5,10,12-14H,6-8H2,1H3. The summed E-state index contributed by atoms with van der Waals surface area (Å²) in [5.74, 6) is 0.917. The van der Waals surface area contributed by atoms with Crippen molar-refractivity contribution in [1.82, 2.24) is 5.32 Å². The van der Waals surface area contributed by atoms with Gasteiger partial charge >= 0.3 is 0 Å². The van der Waals surface area contributed by atoms with Gasteiger partial charge in [-0.3, -0.25) is 0 Å². The first kappa shape index (κ1) is 10.5. The van der Waals surface area contributed by atoms with Gasteiger partial charge in [0.05, 0.1) is 6.61 Å². The number of aryl methyl sites for hydroxylation is 1. The van der Waals surface area contributed by atoms with Gasteiger partial charge in [-0.05, 0) is 24.6 Å². The van der Waals surface area contributed by atoms with Crippen LogP contribution in [0.15, 0.2) is 24.3 Å². The Labute approximate surface area is 90.1 Å². The van der Waals surface area contributed by atoms with Crippen LogP contribution in [0.25, 0.3) is 0 Å². The molecule has 82 valence electrons. The third-order valence-electron chi connectivity index (χ3n) is 2.69. The van der Waals surface area contributed by atoms with Gasteiger partial charge in [-0.15, -0.1) is 0 Å². The maximum Gasteiger partial charge on any atom is 0.120 e. The summed E-state index contributed by atoms with van der Waals surface area (Å²) in [6, 6.07) is 8.25. The summed E-state index contributed by atoms with van der Waals surface area (Å²) in [7, 11) is 0. The average molecular weight is 207 g/mol. The van der Waals surface area contributed by atoms with Gasteiger partial charge in [0.2, 0.25) is 0 Å². The molecule has 1 aromatic carbocycles. The predicted molar refractivity (Wildman–Crippen MR) is 59.1 cm³/mol. The number of rotatable bonds is 3. The molecule has 2 rings (SSSR count). The van der Waals surface area contributed by atoms with E-state index in [4.69, 9.17) is 9.84 Å². The molecule has 0 amide bonds. The highest BCUT2D eigenvalue weighted by molar-refractivity contribution is 5.27. The van der Waals surface area contributed by atoms with Crippen LogP contribution in [0.4, 0.5) is 0 Å². The topological polar surface area (TPSA) is 41.5 Å². The quantitative estimate of drug-likeness (QED) is 0.779. The van der Waals surface area contributed by atoms with E-state index < -0.39 is 0 Å². The van der Waals surface area contributed by atoms with E-state index >= 15 is 0 Å². The molecular weight excluding hydrogens is 190 g/mol. The molecule has 3 heteroatoms. The van der Waals surface area contributed by atoms with Crippen molar-refractivity contribution in [3.8, 4) is 5.75 Å². The zero-order valence-electron chi connectivity index (χ0n) is 8.94. The summed E-state index contributed by atoms with van der Waals surface area (Å²) >= 11 is 0. The van der Waals surface area contributed by atoms with Gasteiger partial charge in [-0.25, -0.2) is 0 Å². The minimum absolute atomic E-state index is 0.184. The first-order valence-electron chi connectivity index (χ1n) is 5.35. The summed E-state index contributed by atoms with van der Waals surface area (Å²) in [5.41, 5.74) is 1.21. The first-order chi connectivity index (χ1) is 7.28. The Balaban J connectivity index is 1.92. The van der Waals surface area contributed by atoms with Crippen molar-refractivity contribution in [2.24, 2.45) is 0 Å². The van der Waals surface area contributed by atoms with Crippen LogP contribution >= 0.6 is 0 Å². The van der Waals surface area contributed by atoms with Crippen LogP contribution < -0.4 is 10.1 Å². The third kappa shape index (κ3) is 2.70. The minimum Gasteiger partial charge on any atom is -0.489 e. The van der Waals surface area contributed by atoms with Gasteiger partial charge in [0.15, 0.2) is 0 Å². The van der Waals surface area contributed by atoms with E-state index in [0.29, 0.717) is 0 Å². The van der Waals surface area contributed by atoms with Crippen molar-refractivity contribution in [3.05, 3.63) is 29.8 Å². The van der Waals surface area contributed by atoms with Gasteiger partial charge in [0.1, 0.15) is 11.9 Å². The fourth-order valence-electron chi connectivity index (χ4n) is 1.89. The number of hydrogen-bond acceptors (Lipinski definition) is 3. The molecular formula is C12H17NO2. The molecule has 1 fully saturated rings. The molecule has 0 spiro atoms. The first-order valence-corrected chi connectivity index (χ1v) is 5.35. The van der Waals surface area contributed by atoms with Crippen molar-refractivity contribution in [3.63, 3.8) is 0 Å². The van der Waals surface area contributed by atoms with Gasteiger partial charge in [-0.2, -0.15) is 0 Å². The normalized spacial score (nSPS) is 25.5. The number of nitrogens with one attached hydrogen (secondary N) is 1. The molecule has 1 aliphatic heterocycles. The van der Waals surface area contributed by atoms with Gasteiger partial charge in [0.25, 0.3) is 0 Å². The molecule has 2 atom stereocenters. The van der Waals surface area contributed by atoms with E-state index in [-0.39, 0.29) is 18.8 Å². The zero-order chi connectivity index (χ0) is 10.7. The highest BCUT2D eigenvalue weighted by Gasteiger charge is 2.24. The molecule has 1 aliphatic rings. The summed E-state index contributed by atoms with van der Waals surface area (Å²) in [4.78, 5) is 0. The summed E-state index contributed by atoms with van der Waals surface area (Å²) < 4.78 is 5.81. The van der Waals surface area contributed by atoms with Crippen LogP contribution in [-0.2, 0) is 0 Å². The smallest absolute Gasteiger partial charge is 0.120 e. The Kier molecular flexibility index (Phi) is 3.23. The summed E-state index contributed by atoms with van der Waals surface area (Å²) in [5, 5.41) is 12.2. The van der Waals surface area contributed by atoms with Crippen LogP contribution in [0.1, 0.15) is 12.0 Å². The van der Waals surface area contributed by atoms with Gasteiger partial charge < -0.3 is 15.2 Å². The molecule has 1 saturated heterocycles. The number of aliphatic hydroxyl groups is 1. The molecule has 3 nitrogen and oxygen atoms in total. The molecule has 0 aliphatic carbocycles. The van der Waals surface area contributed by atoms with Crippen molar-refractivity contribution in [1.29, 1.82) is 0 Å². The van der Waals surface area contributed by atoms with Crippen LogP contribution in [0.2, 0.25) is 0 Å². The lowest BCUT2D eigenvalue weighted by molar-refractivity contribution is 0.206. The van der Waals surface area contributed by atoms with Gasteiger partial charge in [0, 0.05) is 19.0 Å². The second kappa shape index (κ2) is 4.64. The second-order valence-corrected chi connectivity index (χ2v) is 4.08. The minimum atomic E-state index is 0.184. The van der Waals surface area contributed by atoms with Crippen molar-refractivity contribution < 1.29 is 9.84 Å². The number of aliphatic hydroxyl groups excluding tert-OH is 1. The average Bonchev–Trinajstić information content (AvgIpc) is 2.65.